The summed E-state index contributed by atoms with van der Waals surface area (Å²) in [5.41, 5.74) is 1.70. The van der Waals surface area contributed by atoms with E-state index in [4.69, 9.17) is 4.74 Å². The second-order valence-corrected chi connectivity index (χ2v) is 5.66. The van der Waals surface area contributed by atoms with Gasteiger partial charge in [0.25, 0.3) is 0 Å². The summed E-state index contributed by atoms with van der Waals surface area (Å²) in [5, 5.41) is 3.42. The Morgan fingerprint density at radius 3 is 2.94 bits per heavy atom. The van der Waals surface area contributed by atoms with Gasteiger partial charge in [-0.1, -0.05) is 13.8 Å². The zero-order chi connectivity index (χ0) is 13.2. The standard InChI is InChI=1S/C14H20N2O2/c1-14(2)6-4-10(8-14)16-12-9-15-7-5-11(12)13(17)18-3/h5,7,9-10,16H,4,6,8H2,1-3H3. The molecular formula is C14H20N2O2. The van der Waals surface area contributed by atoms with E-state index in [1.165, 1.54) is 13.5 Å². The van der Waals surface area contributed by atoms with Crippen molar-refractivity contribution in [3.63, 3.8) is 0 Å². The zero-order valence-corrected chi connectivity index (χ0v) is 11.2. The summed E-state index contributed by atoms with van der Waals surface area (Å²) in [6.45, 7) is 4.55. The maximum absolute atomic E-state index is 11.6. The normalized spacial score (nSPS) is 21.6. The third kappa shape index (κ3) is 2.81. The molecule has 2 rings (SSSR count). The van der Waals surface area contributed by atoms with Crippen LogP contribution in [0.2, 0.25) is 0 Å². The molecule has 1 fully saturated rings. The van der Waals surface area contributed by atoms with Crippen molar-refractivity contribution >= 4 is 11.7 Å². The molecule has 18 heavy (non-hydrogen) atoms. The molecule has 1 aliphatic rings. The van der Waals surface area contributed by atoms with E-state index < -0.39 is 0 Å². The van der Waals surface area contributed by atoms with Gasteiger partial charge < -0.3 is 10.1 Å². The van der Waals surface area contributed by atoms with E-state index in [2.05, 4.69) is 24.1 Å². The number of esters is 1. The van der Waals surface area contributed by atoms with Crippen LogP contribution < -0.4 is 5.32 Å². The molecule has 1 atom stereocenters. The number of carbonyl (C=O) groups is 1. The quantitative estimate of drug-likeness (QED) is 0.836. The summed E-state index contributed by atoms with van der Waals surface area (Å²) in [6, 6.07) is 2.10. The molecule has 0 aromatic carbocycles. The third-order valence-electron chi connectivity index (χ3n) is 3.55. The van der Waals surface area contributed by atoms with Crippen molar-refractivity contribution in [2.24, 2.45) is 5.41 Å². The van der Waals surface area contributed by atoms with Crippen LogP contribution >= 0.6 is 0 Å². The molecule has 4 heteroatoms. The van der Waals surface area contributed by atoms with Gasteiger partial charge in [0.1, 0.15) is 0 Å². The summed E-state index contributed by atoms with van der Waals surface area (Å²) in [6.07, 6.45) is 6.75. The van der Waals surface area contributed by atoms with Crippen LogP contribution in [0.15, 0.2) is 18.5 Å². The molecule has 1 aliphatic carbocycles. The Kier molecular flexibility index (Phi) is 3.55. The second-order valence-electron chi connectivity index (χ2n) is 5.66. The van der Waals surface area contributed by atoms with Crippen LogP contribution in [0.4, 0.5) is 5.69 Å². The van der Waals surface area contributed by atoms with Gasteiger partial charge in [0, 0.05) is 12.2 Å². The number of nitrogens with one attached hydrogen (secondary N) is 1. The minimum absolute atomic E-state index is 0.322. The minimum atomic E-state index is -0.322. The van der Waals surface area contributed by atoms with Crippen LogP contribution in [0.1, 0.15) is 43.5 Å². The Balaban J connectivity index is 2.12. The topological polar surface area (TPSA) is 51.2 Å². The molecule has 1 aromatic rings. The first-order valence-electron chi connectivity index (χ1n) is 6.31. The maximum Gasteiger partial charge on any atom is 0.340 e. The third-order valence-corrected chi connectivity index (χ3v) is 3.55. The monoisotopic (exact) mass is 248 g/mol. The fraction of sp³-hybridized carbons (Fsp3) is 0.571. The van der Waals surface area contributed by atoms with Gasteiger partial charge in [-0.15, -0.1) is 0 Å². The van der Waals surface area contributed by atoms with Crippen LogP contribution in [0.3, 0.4) is 0 Å². The van der Waals surface area contributed by atoms with Gasteiger partial charge in [0.2, 0.25) is 0 Å². The number of pyridine rings is 1. The Morgan fingerprint density at radius 1 is 1.56 bits per heavy atom. The fourth-order valence-corrected chi connectivity index (χ4v) is 2.58. The van der Waals surface area contributed by atoms with Gasteiger partial charge in [-0.25, -0.2) is 4.79 Å². The highest BCUT2D eigenvalue weighted by Gasteiger charge is 2.31. The lowest BCUT2D eigenvalue weighted by Crippen LogP contribution is -2.19. The number of methoxy groups -OCH3 is 1. The van der Waals surface area contributed by atoms with E-state index in [0.29, 0.717) is 17.0 Å². The summed E-state index contributed by atoms with van der Waals surface area (Å²) in [5.74, 6) is -0.322. The van der Waals surface area contributed by atoms with Crippen molar-refractivity contribution in [2.75, 3.05) is 12.4 Å². The smallest absolute Gasteiger partial charge is 0.340 e. The van der Waals surface area contributed by atoms with Crippen LogP contribution in [0.5, 0.6) is 0 Å². The highest BCUT2D eigenvalue weighted by atomic mass is 16.5. The van der Waals surface area contributed by atoms with Crippen LogP contribution in [-0.2, 0) is 4.74 Å². The number of ether oxygens (including phenoxy) is 1. The van der Waals surface area contributed by atoms with Gasteiger partial charge in [-0.2, -0.15) is 0 Å². The molecule has 0 radical (unpaired) electrons. The lowest BCUT2D eigenvalue weighted by molar-refractivity contribution is 0.0601. The molecule has 4 nitrogen and oxygen atoms in total. The molecule has 0 amide bonds. The molecule has 1 saturated carbocycles. The van der Waals surface area contributed by atoms with Crippen molar-refractivity contribution in [3.05, 3.63) is 24.0 Å². The average Bonchev–Trinajstić information content (AvgIpc) is 2.68. The molecule has 1 unspecified atom stereocenters. The lowest BCUT2D eigenvalue weighted by Gasteiger charge is -2.19. The number of aromatic nitrogens is 1. The highest BCUT2D eigenvalue weighted by molar-refractivity contribution is 5.95. The van der Waals surface area contributed by atoms with E-state index >= 15 is 0 Å². The van der Waals surface area contributed by atoms with Gasteiger partial charge >= 0.3 is 5.97 Å². The summed E-state index contributed by atoms with van der Waals surface area (Å²) in [4.78, 5) is 15.7. The Morgan fingerprint density at radius 2 is 2.33 bits per heavy atom. The first-order chi connectivity index (χ1) is 8.52. The predicted octanol–water partition coefficient (Wildman–Crippen LogP) is 2.86. The van der Waals surface area contributed by atoms with E-state index in [1.807, 2.05) is 0 Å². The molecule has 0 aliphatic heterocycles. The molecule has 0 bridgehead atoms. The number of nitrogens with zero attached hydrogens (tertiary/aromatic N) is 1. The number of rotatable bonds is 3. The Bertz CT molecular complexity index is 443. The van der Waals surface area contributed by atoms with Crippen molar-refractivity contribution < 1.29 is 9.53 Å². The van der Waals surface area contributed by atoms with Crippen molar-refractivity contribution in [2.45, 2.75) is 39.2 Å². The van der Waals surface area contributed by atoms with Gasteiger partial charge in [-0.05, 0) is 30.7 Å². The summed E-state index contributed by atoms with van der Waals surface area (Å²) >= 11 is 0. The van der Waals surface area contributed by atoms with E-state index in [9.17, 15) is 4.79 Å². The Labute approximate surface area is 108 Å². The van der Waals surface area contributed by atoms with Crippen molar-refractivity contribution in [1.29, 1.82) is 0 Å². The van der Waals surface area contributed by atoms with E-state index in [1.54, 1.807) is 18.5 Å². The van der Waals surface area contributed by atoms with Crippen molar-refractivity contribution in [1.82, 2.24) is 4.98 Å². The molecule has 0 saturated heterocycles. The number of anilines is 1. The largest absolute Gasteiger partial charge is 0.465 e. The first-order valence-corrected chi connectivity index (χ1v) is 6.31. The predicted molar refractivity (Wildman–Crippen MR) is 70.6 cm³/mol. The molecule has 1 heterocycles. The second kappa shape index (κ2) is 4.96. The van der Waals surface area contributed by atoms with Crippen molar-refractivity contribution in [3.8, 4) is 0 Å². The fourth-order valence-electron chi connectivity index (χ4n) is 2.58. The van der Waals surface area contributed by atoms with E-state index in [0.717, 1.165) is 18.5 Å². The average molecular weight is 248 g/mol. The Hall–Kier alpha value is -1.58. The van der Waals surface area contributed by atoms with Gasteiger partial charge in [-0.3, -0.25) is 4.98 Å². The molecule has 98 valence electrons. The number of carbonyl (C=O) groups excluding carboxylic acids is 1. The SMILES string of the molecule is COC(=O)c1ccncc1NC1CCC(C)(C)C1. The molecule has 1 N–H and O–H groups in total. The first kappa shape index (κ1) is 12.9. The number of hydrogen-bond acceptors (Lipinski definition) is 4. The molecule has 0 spiro atoms. The number of hydrogen-bond donors (Lipinski definition) is 1. The highest BCUT2D eigenvalue weighted by Crippen LogP contribution is 2.38. The van der Waals surface area contributed by atoms with Crippen LogP contribution in [0.25, 0.3) is 0 Å². The lowest BCUT2D eigenvalue weighted by atomic mass is 9.92. The molecule has 1 aromatic heterocycles. The van der Waals surface area contributed by atoms with Gasteiger partial charge in [0.15, 0.2) is 0 Å². The zero-order valence-electron chi connectivity index (χ0n) is 11.2. The minimum Gasteiger partial charge on any atom is -0.465 e. The molecular weight excluding hydrogens is 228 g/mol. The summed E-state index contributed by atoms with van der Waals surface area (Å²) in [7, 11) is 1.39. The van der Waals surface area contributed by atoms with Gasteiger partial charge in [0.05, 0.1) is 24.6 Å². The van der Waals surface area contributed by atoms with Crippen LogP contribution in [0, 0.1) is 5.41 Å². The van der Waals surface area contributed by atoms with Crippen LogP contribution in [-0.4, -0.2) is 24.1 Å². The van der Waals surface area contributed by atoms with E-state index in [-0.39, 0.29) is 5.97 Å². The maximum atomic E-state index is 11.6. The summed E-state index contributed by atoms with van der Waals surface area (Å²) < 4.78 is 4.78.